The van der Waals surface area contributed by atoms with Crippen LogP contribution in [0.3, 0.4) is 0 Å². The molecule has 2 aromatic heterocycles. The number of benzene rings is 3. The van der Waals surface area contributed by atoms with Crippen molar-refractivity contribution in [1.82, 2.24) is 24.8 Å². The van der Waals surface area contributed by atoms with Gasteiger partial charge < -0.3 is 29.9 Å². The van der Waals surface area contributed by atoms with Gasteiger partial charge in [0, 0.05) is 49.2 Å². The van der Waals surface area contributed by atoms with E-state index < -0.39 is 0 Å². The first-order valence-electron chi connectivity index (χ1n) is 14.1. The number of imidazole rings is 1. The van der Waals surface area contributed by atoms with Gasteiger partial charge in [-0.3, -0.25) is 9.59 Å². The summed E-state index contributed by atoms with van der Waals surface area (Å²) in [5.74, 6) is 0.865. The van der Waals surface area contributed by atoms with E-state index in [1.54, 1.807) is 43.6 Å². The Bertz CT molecular complexity index is 1790. The maximum Gasteiger partial charge on any atom is 0.255 e. The first-order valence-corrected chi connectivity index (χ1v) is 14.1. The highest BCUT2D eigenvalue weighted by Gasteiger charge is 2.19. The summed E-state index contributed by atoms with van der Waals surface area (Å²) < 4.78 is 5.40. The third-order valence-corrected chi connectivity index (χ3v) is 7.69. The molecule has 0 radical (unpaired) electrons. The molecule has 3 aromatic carbocycles. The quantitative estimate of drug-likeness (QED) is 0.259. The van der Waals surface area contributed by atoms with Crippen LogP contribution < -0.4 is 10.1 Å². The van der Waals surface area contributed by atoms with Crippen LogP contribution in [0.25, 0.3) is 33.5 Å². The van der Waals surface area contributed by atoms with Crippen molar-refractivity contribution in [2.45, 2.75) is 6.42 Å². The standard InChI is InChI=1S/C33H32N6O4/c1-38-14-16-39(17-15-38)30(41)18-21-5-9-24(10-6-21)35-32(42)23-7-11-27-28(20-23)37-31(36-27)26-19-22(8-12-29(26)40)25-4-3-13-34-33(25)43-2/h3-13,19-20,40H,14-18H2,1-2H3,(H,35,42)(H,36,37). The number of phenols is 1. The fraction of sp³-hybridized carbons (Fsp3) is 0.212. The largest absolute Gasteiger partial charge is 0.507 e. The minimum Gasteiger partial charge on any atom is -0.507 e. The average molecular weight is 577 g/mol. The predicted molar refractivity (Wildman–Crippen MR) is 165 cm³/mol. The number of likely N-dealkylation sites (N-methyl/N-ethyl adjacent to an activating group) is 1. The molecule has 218 valence electrons. The van der Waals surface area contributed by atoms with Gasteiger partial charge in [-0.25, -0.2) is 9.97 Å². The zero-order valence-electron chi connectivity index (χ0n) is 24.0. The molecule has 1 saturated heterocycles. The van der Waals surface area contributed by atoms with Crippen LogP contribution in [0.5, 0.6) is 11.6 Å². The number of aromatic nitrogens is 3. The Morgan fingerprint density at radius 1 is 0.977 bits per heavy atom. The molecule has 1 aliphatic heterocycles. The van der Waals surface area contributed by atoms with Crippen molar-refractivity contribution in [2.75, 3.05) is 45.7 Å². The molecular weight excluding hydrogens is 544 g/mol. The van der Waals surface area contributed by atoms with Crippen LogP contribution in [-0.2, 0) is 11.2 Å². The van der Waals surface area contributed by atoms with Crippen molar-refractivity contribution >= 4 is 28.5 Å². The maximum atomic E-state index is 13.1. The summed E-state index contributed by atoms with van der Waals surface area (Å²) in [6.45, 7) is 3.28. The number of nitrogens with zero attached hydrogens (tertiary/aromatic N) is 4. The Morgan fingerprint density at radius 2 is 1.77 bits per heavy atom. The number of methoxy groups -OCH3 is 1. The third-order valence-electron chi connectivity index (χ3n) is 7.69. The van der Waals surface area contributed by atoms with Crippen LogP contribution in [0.1, 0.15) is 15.9 Å². The number of anilines is 1. The summed E-state index contributed by atoms with van der Waals surface area (Å²) in [7, 11) is 3.63. The summed E-state index contributed by atoms with van der Waals surface area (Å²) in [4.78, 5) is 42.0. The van der Waals surface area contributed by atoms with Gasteiger partial charge in [0.05, 0.1) is 30.1 Å². The van der Waals surface area contributed by atoms with Gasteiger partial charge in [-0.05, 0) is 72.8 Å². The van der Waals surface area contributed by atoms with Crippen molar-refractivity contribution in [1.29, 1.82) is 0 Å². The molecule has 0 unspecified atom stereocenters. The number of ether oxygens (including phenoxy) is 1. The molecule has 5 aromatic rings. The van der Waals surface area contributed by atoms with Gasteiger partial charge in [-0.2, -0.15) is 0 Å². The van der Waals surface area contributed by atoms with Gasteiger partial charge in [-0.1, -0.05) is 18.2 Å². The van der Waals surface area contributed by atoms with E-state index in [4.69, 9.17) is 4.74 Å². The lowest BCUT2D eigenvalue weighted by Gasteiger charge is -2.32. The molecule has 43 heavy (non-hydrogen) atoms. The van der Waals surface area contributed by atoms with Gasteiger partial charge in [0.15, 0.2) is 0 Å². The van der Waals surface area contributed by atoms with Gasteiger partial charge >= 0.3 is 0 Å². The molecule has 10 nitrogen and oxygen atoms in total. The minimum atomic E-state index is -0.271. The number of rotatable bonds is 7. The van der Waals surface area contributed by atoms with Gasteiger partial charge in [-0.15, -0.1) is 0 Å². The number of carbonyl (C=O) groups excluding carboxylic acids is 2. The number of H-pyrrole nitrogens is 1. The highest BCUT2D eigenvalue weighted by Crippen LogP contribution is 2.35. The van der Waals surface area contributed by atoms with E-state index in [0.29, 0.717) is 46.0 Å². The van der Waals surface area contributed by atoms with Gasteiger partial charge in [0.1, 0.15) is 11.6 Å². The smallest absolute Gasteiger partial charge is 0.255 e. The number of hydrogen-bond acceptors (Lipinski definition) is 7. The first kappa shape index (κ1) is 27.9. The van der Waals surface area contributed by atoms with E-state index >= 15 is 0 Å². The second-order valence-electron chi connectivity index (χ2n) is 10.6. The summed E-state index contributed by atoms with van der Waals surface area (Å²) in [6, 6.07) is 21.5. The van der Waals surface area contributed by atoms with Gasteiger partial charge in [0.2, 0.25) is 11.8 Å². The number of phenolic OH excluding ortho intramolecular Hbond substituents is 1. The zero-order valence-corrected chi connectivity index (χ0v) is 24.0. The summed E-state index contributed by atoms with van der Waals surface area (Å²) >= 11 is 0. The SMILES string of the molecule is COc1ncccc1-c1ccc(O)c(-c2nc3ccc(C(=O)Nc4ccc(CC(=O)N5CCN(C)CC5)cc4)cc3[nH]2)c1. The topological polar surface area (TPSA) is 124 Å². The Hall–Kier alpha value is -5.22. The van der Waals surface area contributed by atoms with E-state index in [0.717, 1.165) is 42.9 Å². The molecule has 3 heterocycles. The average Bonchev–Trinajstić information content (AvgIpc) is 3.46. The second-order valence-corrected chi connectivity index (χ2v) is 10.6. The lowest BCUT2D eigenvalue weighted by molar-refractivity contribution is -0.132. The van der Waals surface area contributed by atoms with E-state index in [-0.39, 0.29) is 17.6 Å². The van der Waals surface area contributed by atoms with Crippen molar-refractivity contribution in [2.24, 2.45) is 0 Å². The number of piperazine rings is 1. The van der Waals surface area contributed by atoms with Crippen LogP contribution in [0, 0.1) is 0 Å². The summed E-state index contributed by atoms with van der Waals surface area (Å²) in [6.07, 6.45) is 2.00. The van der Waals surface area contributed by atoms with E-state index in [9.17, 15) is 14.7 Å². The number of aromatic amines is 1. The highest BCUT2D eigenvalue weighted by molar-refractivity contribution is 6.06. The maximum absolute atomic E-state index is 13.1. The van der Waals surface area contributed by atoms with Crippen LogP contribution in [0.15, 0.2) is 79.0 Å². The fourth-order valence-electron chi connectivity index (χ4n) is 5.20. The van der Waals surface area contributed by atoms with Crippen LogP contribution in [0.2, 0.25) is 0 Å². The van der Waals surface area contributed by atoms with Crippen molar-refractivity contribution in [3.05, 3.63) is 90.1 Å². The van der Waals surface area contributed by atoms with Crippen molar-refractivity contribution in [3.8, 4) is 34.1 Å². The van der Waals surface area contributed by atoms with E-state index in [1.165, 1.54) is 0 Å². The molecular formula is C33H32N6O4. The Kier molecular flexibility index (Phi) is 7.76. The number of hydrogen-bond donors (Lipinski definition) is 3. The number of pyridine rings is 1. The molecule has 10 heteroatoms. The van der Waals surface area contributed by atoms with Crippen molar-refractivity contribution < 1.29 is 19.4 Å². The number of amides is 2. The van der Waals surface area contributed by atoms with Crippen LogP contribution in [0.4, 0.5) is 5.69 Å². The fourth-order valence-corrected chi connectivity index (χ4v) is 5.20. The Morgan fingerprint density at radius 3 is 2.53 bits per heavy atom. The van der Waals surface area contributed by atoms with Crippen molar-refractivity contribution in [3.63, 3.8) is 0 Å². The molecule has 1 fully saturated rings. The lowest BCUT2D eigenvalue weighted by Crippen LogP contribution is -2.47. The number of carbonyl (C=O) groups is 2. The predicted octanol–water partition coefficient (Wildman–Crippen LogP) is 4.57. The van der Waals surface area contributed by atoms with Crippen LogP contribution >= 0.6 is 0 Å². The minimum absolute atomic E-state index is 0.0670. The monoisotopic (exact) mass is 576 g/mol. The number of nitrogens with one attached hydrogen (secondary N) is 2. The summed E-state index contributed by atoms with van der Waals surface area (Å²) in [5.41, 5.74) is 5.42. The molecule has 0 spiro atoms. The molecule has 6 rings (SSSR count). The van der Waals surface area contributed by atoms with Crippen LogP contribution in [-0.4, -0.2) is 82.0 Å². The third kappa shape index (κ3) is 6.05. The second kappa shape index (κ2) is 11.9. The number of fused-ring (bicyclic) bond motifs is 1. The normalized spacial score (nSPS) is 13.7. The Balaban J connectivity index is 1.16. The molecule has 0 aliphatic carbocycles. The zero-order chi connectivity index (χ0) is 29.9. The molecule has 2 amide bonds. The molecule has 1 aliphatic rings. The van der Waals surface area contributed by atoms with E-state index in [1.807, 2.05) is 47.4 Å². The number of aromatic hydroxyl groups is 1. The summed E-state index contributed by atoms with van der Waals surface area (Å²) in [5, 5.41) is 13.6. The van der Waals surface area contributed by atoms with Gasteiger partial charge in [0.25, 0.3) is 5.91 Å². The molecule has 3 N–H and O–H groups in total. The molecule has 0 atom stereocenters. The molecule has 0 saturated carbocycles. The van der Waals surface area contributed by atoms with E-state index in [2.05, 4.69) is 32.2 Å². The lowest BCUT2D eigenvalue weighted by atomic mass is 10.0. The molecule has 0 bridgehead atoms. The first-order chi connectivity index (χ1) is 20.9. The Labute approximate surface area is 249 Å². The highest BCUT2D eigenvalue weighted by atomic mass is 16.5.